The normalized spacial score (nSPS) is 24.0. The molecule has 2 saturated heterocycles. The number of carboxylic acid groups (broad SMARTS) is 1. The van der Waals surface area contributed by atoms with Crippen LogP contribution in [0.5, 0.6) is 0 Å². The number of nitrogens with zero attached hydrogens (tertiary/aromatic N) is 1. The topological polar surface area (TPSA) is 98.7 Å². The number of aromatic carboxylic acids is 1. The molecule has 0 radical (unpaired) electrons. The summed E-state index contributed by atoms with van der Waals surface area (Å²) in [4.78, 5) is 36.7. The maximum atomic E-state index is 13.3. The van der Waals surface area contributed by atoms with E-state index in [0.717, 1.165) is 0 Å². The van der Waals surface area contributed by atoms with Gasteiger partial charge in [-0.2, -0.15) is 0 Å². The van der Waals surface area contributed by atoms with Crippen molar-refractivity contribution in [3.8, 4) is 0 Å². The van der Waals surface area contributed by atoms with Crippen LogP contribution in [-0.2, 0) is 4.79 Å². The molecule has 3 rings (SSSR count). The molecule has 0 aliphatic carbocycles. The molecule has 1 aromatic carbocycles. The Morgan fingerprint density at radius 3 is 2.70 bits per heavy atom. The van der Waals surface area contributed by atoms with Crippen LogP contribution in [-0.4, -0.2) is 65.9 Å². The molecule has 0 saturated carbocycles. The molecule has 2 aliphatic heterocycles. The molecule has 2 amide bonds. The lowest BCUT2D eigenvalue weighted by Gasteiger charge is -2.20. The number of hydrogen-bond donors (Lipinski definition) is 3. The van der Waals surface area contributed by atoms with E-state index in [1.54, 1.807) is 0 Å². The molecule has 0 aromatic heterocycles. The maximum Gasteiger partial charge on any atom is 0.335 e. The summed E-state index contributed by atoms with van der Waals surface area (Å²) in [7, 11) is 0. The number of carbonyl (C=O) groups excluding carboxylic acids is 2. The quantitative estimate of drug-likeness (QED) is 0.706. The summed E-state index contributed by atoms with van der Waals surface area (Å²) in [5, 5.41) is 14.7. The van der Waals surface area contributed by atoms with Crippen molar-refractivity contribution in [2.24, 2.45) is 5.92 Å². The van der Waals surface area contributed by atoms with Crippen LogP contribution in [0.4, 0.5) is 8.78 Å². The van der Waals surface area contributed by atoms with E-state index in [1.807, 2.05) is 0 Å². The number of alkyl halides is 2. The van der Waals surface area contributed by atoms with Gasteiger partial charge in [-0.05, 0) is 30.5 Å². The Morgan fingerprint density at radius 1 is 1.30 bits per heavy atom. The van der Waals surface area contributed by atoms with Gasteiger partial charge in [-0.1, -0.05) is 6.07 Å². The molecule has 7 nitrogen and oxygen atoms in total. The van der Waals surface area contributed by atoms with Crippen molar-refractivity contribution in [1.82, 2.24) is 15.5 Å². The van der Waals surface area contributed by atoms with Crippen molar-refractivity contribution >= 4 is 17.8 Å². The molecule has 2 heterocycles. The highest BCUT2D eigenvalue weighted by atomic mass is 19.3. The van der Waals surface area contributed by atoms with Gasteiger partial charge in [0.05, 0.1) is 18.2 Å². The Bertz CT molecular complexity index is 756. The Morgan fingerprint density at radius 2 is 2.04 bits per heavy atom. The predicted octanol–water partition coefficient (Wildman–Crippen LogP) is 0.960. The second-order valence-corrected chi connectivity index (χ2v) is 7.02. The summed E-state index contributed by atoms with van der Waals surface area (Å²) in [6.07, 6.45) is 0.150. The van der Waals surface area contributed by atoms with E-state index in [2.05, 4.69) is 10.6 Å². The Labute approximate surface area is 154 Å². The van der Waals surface area contributed by atoms with Crippen LogP contribution in [0.15, 0.2) is 24.3 Å². The summed E-state index contributed by atoms with van der Waals surface area (Å²) >= 11 is 0. The fourth-order valence-corrected chi connectivity index (χ4v) is 3.43. The minimum absolute atomic E-state index is 0.00586. The van der Waals surface area contributed by atoms with Crippen molar-refractivity contribution in [3.63, 3.8) is 0 Å². The molecule has 2 aliphatic rings. The zero-order chi connectivity index (χ0) is 19.6. The third-order valence-corrected chi connectivity index (χ3v) is 4.92. The number of benzene rings is 1. The van der Waals surface area contributed by atoms with E-state index in [4.69, 9.17) is 5.11 Å². The number of carbonyl (C=O) groups is 3. The van der Waals surface area contributed by atoms with Crippen molar-refractivity contribution in [3.05, 3.63) is 35.4 Å². The molecule has 1 aromatic rings. The zero-order valence-corrected chi connectivity index (χ0v) is 14.6. The minimum atomic E-state index is -2.81. The number of halogens is 2. The van der Waals surface area contributed by atoms with Gasteiger partial charge >= 0.3 is 5.97 Å². The third-order valence-electron chi connectivity index (χ3n) is 4.92. The van der Waals surface area contributed by atoms with Gasteiger partial charge in [0.15, 0.2) is 0 Å². The van der Waals surface area contributed by atoms with Gasteiger partial charge in [-0.3, -0.25) is 9.59 Å². The predicted molar refractivity (Wildman–Crippen MR) is 91.8 cm³/mol. The van der Waals surface area contributed by atoms with Gasteiger partial charge in [0.1, 0.15) is 0 Å². The average Bonchev–Trinajstić information content (AvgIpc) is 3.25. The van der Waals surface area contributed by atoms with E-state index in [0.29, 0.717) is 19.5 Å². The average molecular weight is 381 g/mol. The molecule has 9 heteroatoms. The van der Waals surface area contributed by atoms with Crippen molar-refractivity contribution in [2.75, 3.05) is 26.2 Å². The lowest BCUT2D eigenvalue weighted by atomic mass is 10.0. The highest BCUT2D eigenvalue weighted by Gasteiger charge is 2.43. The first-order valence-corrected chi connectivity index (χ1v) is 8.77. The van der Waals surface area contributed by atoms with E-state index in [-0.39, 0.29) is 35.9 Å². The first-order chi connectivity index (χ1) is 12.7. The van der Waals surface area contributed by atoms with Crippen molar-refractivity contribution in [2.45, 2.75) is 24.8 Å². The van der Waals surface area contributed by atoms with Crippen LogP contribution in [0, 0.1) is 5.92 Å². The molecule has 3 N–H and O–H groups in total. The van der Waals surface area contributed by atoms with Crippen LogP contribution in [0.3, 0.4) is 0 Å². The number of nitrogens with one attached hydrogen (secondary N) is 2. The van der Waals surface area contributed by atoms with Crippen molar-refractivity contribution in [1.29, 1.82) is 0 Å². The lowest BCUT2D eigenvalue weighted by molar-refractivity contribution is -0.133. The van der Waals surface area contributed by atoms with Gasteiger partial charge < -0.3 is 20.6 Å². The van der Waals surface area contributed by atoms with Gasteiger partial charge in [0, 0.05) is 31.6 Å². The zero-order valence-electron chi connectivity index (χ0n) is 14.6. The first-order valence-electron chi connectivity index (χ1n) is 8.77. The van der Waals surface area contributed by atoms with Crippen LogP contribution in [0.2, 0.25) is 0 Å². The largest absolute Gasteiger partial charge is 0.478 e. The molecule has 2 atom stereocenters. The molecule has 27 heavy (non-hydrogen) atoms. The fourth-order valence-electron chi connectivity index (χ4n) is 3.43. The van der Waals surface area contributed by atoms with Crippen molar-refractivity contribution < 1.29 is 28.3 Å². The number of likely N-dealkylation sites (tertiary alicyclic amines) is 1. The minimum Gasteiger partial charge on any atom is -0.478 e. The fraction of sp³-hybridized carbons (Fsp3) is 0.500. The molecular formula is C18H21F2N3O4. The summed E-state index contributed by atoms with van der Waals surface area (Å²) in [5.74, 6) is -4.65. The lowest BCUT2D eigenvalue weighted by Crippen LogP contribution is -2.43. The second-order valence-electron chi connectivity index (χ2n) is 7.02. The molecule has 0 spiro atoms. The summed E-state index contributed by atoms with van der Waals surface area (Å²) in [6, 6.07) is 5.20. The maximum absolute atomic E-state index is 13.3. The van der Waals surface area contributed by atoms with Crippen LogP contribution >= 0.6 is 0 Å². The van der Waals surface area contributed by atoms with Crippen LogP contribution in [0.1, 0.15) is 33.6 Å². The van der Waals surface area contributed by atoms with E-state index < -0.39 is 30.4 Å². The molecule has 146 valence electrons. The highest BCUT2D eigenvalue weighted by molar-refractivity contribution is 5.97. The summed E-state index contributed by atoms with van der Waals surface area (Å²) in [6.45, 7) is 0.329. The molecular weight excluding hydrogens is 360 g/mol. The Balaban J connectivity index is 1.49. The Hall–Kier alpha value is -2.55. The second kappa shape index (κ2) is 7.59. The number of rotatable bonds is 5. The van der Waals surface area contributed by atoms with Gasteiger partial charge in [0.25, 0.3) is 11.8 Å². The van der Waals surface area contributed by atoms with Gasteiger partial charge in [0.2, 0.25) is 5.91 Å². The van der Waals surface area contributed by atoms with Gasteiger partial charge in [-0.25, -0.2) is 13.6 Å². The van der Waals surface area contributed by atoms with E-state index >= 15 is 0 Å². The third kappa shape index (κ3) is 4.60. The molecule has 0 bridgehead atoms. The number of carboxylic acids is 1. The molecule has 2 fully saturated rings. The Kier molecular flexibility index (Phi) is 5.41. The first kappa shape index (κ1) is 19.2. The number of amides is 2. The SMILES string of the molecule is O=C(O)c1cccc(C(=O)NC[C@@H]2CN[C@H](C(=O)N3CCC(F)(F)C3)C2)c1. The highest BCUT2D eigenvalue weighted by Crippen LogP contribution is 2.28. The number of hydrogen-bond acceptors (Lipinski definition) is 4. The van der Waals surface area contributed by atoms with Crippen LogP contribution in [0.25, 0.3) is 0 Å². The molecule has 0 unspecified atom stereocenters. The van der Waals surface area contributed by atoms with E-state index in [9.17, 15) is 23.2 Å². The van der Waals surface area contributed by atoms with E-state index in [1.165, 1.54) is 29.2 Å². The van der Waals surface area contributed by atoms with Crippen LogP contribution < -0.4 is 10.6 Å². The standard InChI is InChI=1S/C18H21F2N3O4/c19-18(20)4-5-23(10-18)16(25)14-6-11(8-21-14)9-22-15(24)12-2-1-3-13(7-12)17(26)27/h1-3,7,11,14,21H,4-6,8-10H2,(H,22,24)(H,26,27)/t11-,14-/m0/s1. The smallest absolute Gasteiger partial charge is 0.335 e. The monoisotopic (exact) mass is 381 g/mol. The summed E-state index contributed by atoms with van der Waals surface area (Å²) in [5.41, 5.74) is 0.269. The van der Waals surface area contributed by atoms with Gasteiger partial charge in [-0.15, -0.1) is 0 Å². The summed E-state index contributed by atoms with van der Waals surface area (Å²) < 4.78 is 26.5.